The van der Waals surface area contributed by atoms with Gasteiger partial charge in [0.1, 0.15) is 16.5 Å². The molecule has 0 unspecified atom stereocenters. The third-order valence-electron chi connectivity index (χ3n) is 4.23. The molecule has 0 atom stereocenters. The van der Waals surface area contributed by atoms with Crippen LogP contribution >= 0.6 is 23.1 Å². The number of para-hydroxylation sites is 2. The first-order valence-corrected chi connectivity index (χ1v) is 9.66. The minimum atomic E-state index is -2.66. The summed E-state index contributed by atoms with van der Waals surface area (Å²) in [4.78, 5) is 15.1. The van der Waals surface area contributed by atoms with Gasteiger partial charge in [-0.05, 0) is 31.5 Å². The molecule has 4 aromatic rings. The highest BCUT2D eigenvalue weighted by Gasteiger charge is 2.19. The molecule has 3 heterocycles. The zero-order chi connectivity index (χ0) is 18.4. The van der Waals surface area contributed by atoms with Crippen molar-refractivity contribution >= 4 is 50.2 Å². The first kappa shape index (κ1) is 17.2. The molecule has 0 aliphatic heterocycles. The van der Waals surface area contributed by atoms with E-state index in [-0.39, 0.29) is 11.6 Å². The molecule has 0 bridgehead atoms. The third kappa shape index (κ3) is 2.80. The molecule has 1 aromatic carbocycles. The van der Waals surface area contributed by atoms with Crippen LogP contribution in [-0.4, -0.2) is 19.5 Å². The number of halogens is 2. The SMILES string of the molecule is Cc1sc2nc(SCc3nc4ccccc4n3C(F)F)nc(N)c2c1C. The highest BCUT2D eigenvalue weighted by atomic mass is 32.2. The Morgan fingerprint density at radius 3 is 2.73 bits per heavy atom. The van der Waals surface area contributed by atoms with Crippen LogP contribution < -0.4 is 5.73 Å². The Morgan fingerprint density at radius 2 is 1.96 bits per heavy atom. The Kier molecular flexibility index (Phi) is 4.28. The minimum Gasteiger partial charge on any atom is -0.383 e. The molecular formula is C17H15F2N5S2. The predicted molar refractivity (Wildman–Crippen MR) is 102 cm³/mol. The van der Waals surface area contributed by atoms with Crippen LogP contribution in [0.25, 0.3) is 21.3 Å². The topological polar surface area (TPSA) is 69.6 Å². The molecule has 0 saturated carbocycles. The second kappa shape index (κ2) is 6.48. The van der Waals surface area contributed by atoms with E-state index in [2.05, 4.69) is 15.0 Å². The average Bonchev–Trinajstić information content (AvgIpc) is 3.10. The predicted octanol–water partition coefficient (Wildman–Crippen LogP) is 4.93. The Labute approximate surface area is 156 Å². The monoisotopic (exact) mass is 391 g/mol. The summed E-state index contributed by atoms with van der Waals surface area (Å²) in [7, 11) is 0. The molecule has 9 heteroatoms. The molecule has 0 fully saturated rings. The van der Waals surface area contributed by atoms with Crippen molar-refractivity contribution in [1.82, 2.24) is 19.5 Å². The van der Waals surface area contributed by atoms with E-state index in [0.29, 0.717) is 22.0 Å². The summed E-state index contributed by atoms with van der Waals surface area (Å²) in [6.45, 7) is 1.35. The van der Waals surface area contributed by atoms with Crippen LogP contribution in [0.4, 0.5) is 14.6 Å². The van der Waals surface area contributed by atoms with Crippen molar-refractivity contribution in [2.75, 3.05) is 5.73 Å². The van der Waals surface area contributed by atoms with Crippen LogP contribution in [0.15, 0.2) is 29.4 Å². The van der Waals surface area contributed by atoms with Gasteiger partial charge in [-0.15, -0.1) is 11.3 Å². The number of nitrogens with two attached hydrogens (primary N) is 1. The summed E-state index contributed by atoms with van der Waals surface area (Å²) >= 11 is 2.81. The van der Waals surface area contributed by atoms with Crippen molar-refractivity contribution in [1.29, 1.82) is 0 Å². The number of fused-ring (bicyclic) bond motifs is 2. The van der Waals surface area contributed by atoms with E-state index in [9.17, 15) is 8.78 Å². The van der Waals surface area contributed by atoms with E-state index in [1.54, 1.807) is 35.6 Å². The first-order chi connectivity index (χ1) is 12.5. The Bertz CT molecular complexity index is 1120. The molecule has 0 spiro atoms. The van der Waals surface area contributed by atoms with E-state index < -0.39 is 6.55 Å². The van der Waals surface area contributed by atoms with Crippen LogP contribution in [-0.2, 0) is 5.75 Å². The molecule has 2 N–H and O–H groups in total. The maximum absolute atomic E-state index is 13.5. The van der Waals surface area contributed by atoms with E-state index in [1.807, 2.05) is 13.8 Å². The van der Waals surface area contributed by atoms with Gasteiger partial charge in [0.05, 0.1) is 22.2 Å². The summed E-state index contributed by atoms with van der Waals surface area (Å²) in [5, 5.41) is 1.33. The number of nitrogens with zero attached hydrogens (tertiary/aromatic N) is 4. The number of thioether (sulfide) groups is 1. The van der Waals surface area contributed by atoms with Crippen molar-refractivity contribution in [2.45, 2.75) is 31.3 Å². The van der Waals surface area contributed by atoms with E-state index in [1.165, 1.54) is 11.8 Å². The largest absolute Gasteiger partial charge is 0.383 e. The highest BCUT2D eigenvalue weighted by molar-refractivity contribution is 7.98. The van der Waals surface area contributed by atoms with Gasteiger partial charge in [0.2, 0.25) is 0 Å². The fourth-order valence-electron chi connectivity index (χ4n) is 2.87. The van der Waals surface area contributed by atoms with Crippen molar-refractivity contribution in [3.8, 4) is 0 Å². The minimum absolute atomic E-state index is 0.229. The molecule has 3 aromatic heterocycles. The number of anilines is 1. The zero-order valence-electron chi connectivity index (χ0n) is 14.0. The first-order valence-electron chi connectivity index (χ1n) is 7.85. The van der Waals surface area contributed by atoms with Crippen molar-refractivity contribution < 1.29 is 8.78 Å². The summed E-state index contributed by atoms with van der Waals surface area (Å²) < 4.78 is 27.9. The lowest BCUT2D eigenvalue weighted by Gasteiger charge is -2.07. The average molecular weight is 391 g/mol. The quantitative estimate of drug-likeness (QED) is 0.395. The summed E-state index contributed by atoms with van der Waals surface area (Å²) in [5.74, 6) is 0.932. The van der Waals surface area contributed by atoms with Crippen molar-refractivity contribution in [2.24, 2.45) is 0 Å². The molecule has 0 aliphatic carbocycles. The number of rotatable bonds is 4. The molecule has 0 saturated heterocycles. The van der Waals surface area contributed by atoms with Gasteiger partial charge >= 0.3 is 6.55 Å². The summed E-state index contributed by atoms with van der Waals surface area (Å²) in [6, 6.07) is 6.86. The van der Waals surface area contributed by atoms with Crippen LogP contribution in [0.2, 0.25) is 0 Å². The number of hydrogen-bond donors (Lipinski definition) is 1. The molecule has 134 valence electrons. The van der Waals surface area contributed by atoms with Gasteiger partial charge in [0.15, 0.2) is 5.16 Å². The third-order valence-corrected chi connectivity index (χ3v) is 6.17. The van der Waals surface area contributed by atoms with Gasteiger partial charge in [-0.1, -0.05) is 23.9 Å². The van der Waals surface area contributed by atoms with Gasteiger partial charge in [0, 0.05) is 4.88 Å². The number of imidazole rings is 1. The fourth-order valence-corrected chi connectivity index (χ4v) is 4.74. The summed E-state index contributed by atoms with van der Waals surface area (Å²) in [6.07, 6.45) is 0. The lowest BCUT2D eigenvalue weighted by Crippen LogP contribution is -2.04. The Morgan fingerprint density at radius 1 is 1.19 bits per heavy atom. The number of thiophene rings is 1. The molecule has 0 amide bonds. The normalized spacial score (nSPS) is 11.9. The molecule has 0 aliphatic rings. The van der Waals surface area contributed by atoms with Crippen molar-refractivity contribution in [3.05, 3.63) is 40.5 Å². The van der Waals surface area contributed by atoms with E-state index in [4.69, 9.17) is 5.73 Å². The fraction of sp³-hybridized carbons (Fsp3) is 0.235. The number of benzene rings is 1. The van der Waals surface area contributed by atoms with Gasteiger partial charge in [-0.2, -0.15) is 8.78 Å². The van der Waals surface area contributed by atoms with Crippen LogP contribution in [0.1, 0.15) is 22.8 Å². The van der Waals surface area contributed by atoms with Gasteiger partial charge in [0.25, 0.3) is 0 Å². The second-order valence-electron chi connectivity index (χ2n) is 5.81. The van der Waals surface area contributed by atoms with E-state index >= 15 is 0 Å². The number of aromatic nitrogens is 4. The van der Waals surface area contributed by atoms with Crippen LogP contribution in [0.3, 0.4) is 0 Å². The zero-order valence-corrected chi connectivity index (χ0v) is 15.7. The maximum Gasteiger partial charge on any atom is 0.320 e. The Hall–Kier alpha value is -2.26. The lowest BCUT2D eigenvalue weighted by atomic mass is 10.2. The number of hydrogen-bond acceptors (Lipinski definition) is 6. The molecule has 5 nitrogen and oxygen atoms in total. The molecule has 26 heavy (non-hydrogen) atoms. The number of aryl methyl sites for hydroxylation is 2. The molecule has 0 radical (unpaired) electrons. The highest BCUT2D eigenvalue weighted by Crippen LogP contribution is 2.34. The van der Waals surface area contributed by atoms with Gasteiger partial charge < -0.3 is 5.73 Å². The second-order valence-corrected chi connectivity index (χ2v) is 7.95. The standard InChI is InChI=1S/C17H15F2N5S2/c1-8-9(2)26-15-13(8)14(20)22-17(23-15)25-7-12-21-10-5-3-4-6-11(10)24(12)16(18)19/h3-6,16H,7H2,1-2H3,(H2,20,22,23). The summed E-state index contributed by atoms with van der Waals surface area (Å²) in [5.41, 5.74) is 8.12. The van der Waals surface area contributed by atoms with Gasteiger partial charge in [-0.25, -0.2) is 15.0 Å². The van der Waals surface area contributed by atoms with Crippen LogP contribution in [0, 0.1) is 13.8 Å². The number of alkyl halides is 2. The van der Waals surface area contributed by atoms with E-state index in [0.717, 1.165) is 25.2 Å². The lowest BCUT2D eigenvalue weighted by molar-refractivity contribution is 0.0722. The smallest absolute Gasteiger partial charge is 0.320 e. The van der Waals surface area contributed by atoms with Crippen LogP contribution in [0.5, 0.6) is 0 Å². The molecule has 4 rings (SSSR count). The number of nitrogen functional groups attached to an aromatic ring is 1. The molecular weight excluding hydrogens is 376 g/mol. The van der Waals surface area contributed by atoms with Crippen molar-refractivity contribution in [3.63, 3.8) is 0 Å². The maximum atomic E-state index is 13.5. The Balaban J connectivity index is 1.68. The van der Waals surface area contributed by atoms with Gasteiger partial charge in [-0.3, -0.25) is 4.57 Å².